The number of fused-ring (bicyclic) bond motifs is 4. The zero-order valence-corrected chi connectivity index (χ0v) is 34.3. The van der Waals surface area contributed by atoms with Gasteiger partial charge in [0.1, 0.15) is 5.60 Å². The summed E-state index contributed by atoms with van der Waals surface area (Å²) in [6.07, 6.45) is 7.56. The third-order valence-corrected chi connectivity index (χ3v) is 15.0. The molecule has 0 bridgehead atoms. The van der Waals surface area contributed by atoms with Crippen molar-refractivity contribution >= 4 is 82.8 Å². The van der Waals surface area contributed by atoms with Crippen molar-refractivity contribution in [2.75, 3.05) is 0 Å². The molecule has 0 spiro atoms. The molecule has 0 amide bonds. The largest absolute Gasteiger partial charge is 0.377 e. The second kappa shape index (κ2) is 16.7. The fourth-order valence-electron chi connectivity index (χ4n) is 9.51. The van der Waals surface area contributed by atoms with Crippen LogP contribution in [0.2, 0.25) is 0 Å². The van der Waals surface area contributed by atoms with E-state index in [-0.39, 0.29) is 65.7 Å². The second-order valence-electron chi connectivity index (χ2n) is 14.4. The molecule has 3 nitrogen and oxygen atoms in total. The van der Waals surface area contributed by atoms with Crippen LogP contribution in [0.3, 0.4) is 0 Å². The van der Waals surface area contributed by atoms with Crippen molar-refractivity contribution in [1.82, 2.24) is 0 Å². The summed E-state index contributed by atoms with van der Waals surface area (Å²) in [7, 11) is -3.10. The van der Waals surface area contributed by atoms with Crippen molar-refractivity contribution in [3.63, 3.8) is 0 Å². The summed E-state index contributed by atoms with van der Waals surface area (Å²) in [5.74, 6) is 7.70. The lowest BCUT2D eigenvalue weighted by Crippen LogP contribution is -2.51. The van der Waals surface area contributed by atoms with Gasteiger partial charge in [0.2, 0.25) is 0 Å². The molecule has 2 fully saturated rings. The van der Waals surface area contributed by atoms with E-state index in [0.717, 1.165) is 53.6 Å². The van der Waals surface area contributed by atoms with Crippen LogP contribution in [0.4, 0.5) is 0 Å². The van der Waals surface area contributed by atoms with Gasteiger partial charge in [-0.1, -0.05) is 127 Å². The quantitative estimate of drug-likeness (QED) is 0.167. The Kier molecular flexibility index (Phi) is 13.5. The molecule has 0 aliphatic heterocycles. The van der Waals surface area contributed by atoms with Gasteiger partial charge in [-0.3, -0.25) is 4.79 Å². The van der Waals surface area contributed by atoms with E-state index < -0.39 is 18.2 Å². The highest BCUT2D eigenvalue weighted by Gasteiger charge is 2.62. The Balaban J connectivity index is 0.00000151. The molecule has 4 aliphatic rings. The average Bonchev–Trinajstić information content (AvgIpc) is 3.40. The first-order valence-corrected chi connectivity index (χ1v) is 19.1. The van der Waals surface area contributed by atoms with Crippen LogP contribution in [-0.4, -0.2) is 16.5 Å². The van der Waals surface area contributed by atoms with Crippen LogP contribution >= 0.6 is 61.1 Å². The first-order chi connectivity index (χ1) is 23.3. The van der Waals surface area contributed by atoms with E-state index in [0.29, 0.717) is 24.7 Å². The molecule has 4 aromatic carbocycles. The summed E-state index contributed by atoms with van der Waals surface area (Å²) < 4.78 is 15.1. The van der Waals surface area contributed by atoms with E-state index in [1.165, 1.54) is 22.3 Å². The van der Waals surface area contributed by atoms with Crippen molar-refractivity contribution in [3.8, 4) is 11.8 Å². The Morgan fingerprint density at radius 2 is 1.27 bits per heavy atom. The predicted octanol–water partition coefficient (Wildman–Crippen LogP) is 8.46. The maximum absolute atomic E-state index is 15.1. The molecule has 0 unspecified atom stereocenters. The Morgan fingerprint density at radius 1 is 0.712 bits per heavy atom. The summed E-state index contributed by atoms with van der Waals surface area (Å²) in [5.41, 5.74) is 4.68. The number of hydrogen-bond donors (Lipinski definition) is 1. The number of hydrogen-bond acceptors (Lipinski definition) is 3. The fourth-order valence-corrected chi connectivity index (χ4v) is 12.2. The van der Waals surface area contributed by atoms with Gasteiger partial charge < -0.3 is 9.67 Å². The van der Waals surface area contributed by atoms with Crippen LogP contribution in [0.25, 0.3) is 0 Å². The van der Waals surface area contributed by atoms with Crippen LogP contribution in [0.5, 0.6) is 0 Å². The molecule has 0 radical (unpaired) electrons. The molecule has 52 heavy (non-hydrogen) atoms. The smallest absolute Gasteiger partial charge is 0.171 e. The van der Waals surface area contributed by atoms with Crippen LogP contribution in [0.15, 0.2) is 138 Å². The first kappa shape index (κ1) is 41.9. The lowest BCUT2D eigenvalue weighted by molar-refractivity contribution is -0.114. The van der Waals surface area contributed by atoms with Gasteiger partial charge in [-0.25, -0.2) is 0 Å². The molecule has 4 aromatic rings. The molecule has 272 valence electrons. The van der Waals surface area contributed by atoms with Crippen molar-refractivity contribution in [1.29, 1.82) is 0 Å². The summed E-state index contributed by atoms with van der Waals surface area (Å²) >= 11 is 0. The topological polar surface area (TPSA) is 54.4 Å². The Bertz CT molecular complexity index is 2010. The van der Waals surface area contributed by atoms with Crippen molar-refractivity contribution in [2.24, 2.45) is 17.3 Å². The first-order valence-electron chi connectivity index (χ1n) is 17.4. The van der Waals surface area contributed by atoms with Gasteiger partial charge in [-0.15, -0.1) is 0 Å². The molecule has 1 N–H and O–H groups in total. The molecule has 2 saturated carbocycles. The Morgan fingerprint density at radius 3 is 1.87 bits per heavy atom. The van der Waals surface area contributed by atoms with Crippen LogP contribution in [0, 0.1) is 29.1 Å². The number of carbonyl (C=O) groups excluding carboxylic acids is 1. The van der Waals surface area contributed by atoms with Crippen molar-refractivity contribution in [2.45, 2.75) is 63.4 Å². The normalized spacial score (nSPS) is 25.8. The molecule has 8 rings (SSSR count). The van der Waals surface area contributed by atoms with Gasteiger partial charge in [0.15, 0.2) is 12.9 Å². The zero-order valence-electron chi connectivity index (χ0n) is 29.4. The monoisotopic (exact) mass is 784 g/mol. The lowest BCUT2D eigenvalue weighted by atomic mass is 9.51. The third kappa shape index (κ3) is 7.08. The van der Waals surface area contributed by atoms with E-state index in [9.17, 15) is 9.90 Å². The van der Waals surface area contributed by atoms with Gasteiger partial charge >= 0.3 is 0 Å². The minimum atomic E-state index is -3.10. The highest BCUT2D eigenvalue weighted by atomic mass is 32.1. The fraction of sp³-hybridized carbons (Fsp3) is 0.295. The molecule has 0 aromatic heterocycles. The summed E-state index contributed by atoms with van der Waals surface area (Å²) in [4.78, 5) is 12.5. The van der Waals surface area contributed by atoms with Crippen LogP contribution in [0.1, 0.15) is 68.9 Å². The lowest BCUT2D eigenvalue weighted by Gasteiger charge is -2.53. The molecular weight excluding hydrogens is 736 g/mol. The molecule has 0 saturated heterocycles. The number of rotatable bonds is 4. The summed E-state index contributed by atoms with van der Waals surface area (Å²) in [5, 5.41) is 14.9. The van der Waals surface area contributed by atoms with Gasteiger partial charge in [-0.05, 0) is 85.3 Å². The van der Waals surface area contributed by atoms with E-state index in [4.69, 9.17) is 0 Å². The zero-order chi connectivity index (χ0) is 32.9. The number of aliphatic hydroxyl groups is 1. The SMILES string of the molecule is C[C@]12C[C@H](c3ccc(P(=O)(c4ccccc4)c4ccccc4)cc3)C3=C4CCC(=O)C=C4CC[C@H]3[C@@H]1CC[C@@]2(O)C#Cc1ccccc1.S.S.S.S. The number of allylic oxidation sites excluding steroid dienone is 4. The minimum Gasteiger partial charge on any atom is -0.377 e. The van der Waals surface area contributed by atoms with E-state index in [2.05, 4.69) is 43.0 Å². The van der Waals surface area contributed by atoms with Gasteiger partial charge in [0.25, 0.3) is 0 Å². The standard InChI is InChI=1S/C44H41O3P.4H2S/c1-43-30-40(32-17-21-37(22-18-32)48(47,35-13-7-3-8-14-35)36-15-9-4-10-16-36)42-38-24-20-34(45)29-33(38)19-23-39(42)41(43)26-28-44(43,46)27-25-31-11-5-2-6-12-31;;;;/h2-18,21-22,29,39-41,46H,19-20,23-24,26,28,30H2,1H3;4*1H2/t39-,40+,41-,43-,44-;;;;/m0..../s1. The van der Waals surface area contributed by atoms with Gasteiger partial charge in [-0.2, -0.15) is 54.0 Å². The maximum atomic E-state index is 15.1. The summed E-state index contributed by atoms with van der Waals surface area (Å²) in [6.45, 7) is 2.28. The number of benzene rings is 4. The maximum Gasteiger partial charge on any atom is 0.171 e. The van der Waals surface area contributed by atoms with Gasteiger partial charge in [0.05, 0.1) is 0 Å². The molecule has 5 atom stereocenters. The van der Waals surface area contributed by atoms with Gasteiger partial charge in [0, 0.05) is 39.2 Å². The number of ketones is 1. The molecule has 4 aliphatic carbocycles. The highest BCUT2D eigenvalue weighted by Crippen LogP contribution is 2.66. The number of carbonyl (C=O) groups is 1. The van der Waals surface area contributed by atoms with E-state index >= 15 is 4.57 Å². The van der Waals surface area contributed by atoms with E-state index in [1.54, 1.807) is 0 Å². The Hall–Kier alpha value is -2.82. The third-order valence-electron chi connectivity index (χ3n) is 12.0. The van der Waals surface area contributed by atoms with Crippen LogP contribution < -0.4 is 15.9 Å². The van der Waals surface area contributed by atoms with Crippen LogP contribution in [-0.2, 0) is 9.36 Å². The summed E-state index contributed by atoms with van der Waals surface area (Å²) in [6, 6.07) is 38.1. The molecule has 8 heteroatoms. The average molecular weight is 785 g/mol. The molecular formula is C44H49O3PS4. The predicted molar refractivity (Wildman–Crippen MR) is 236 cm³/mol. The minimum absolute atomic E-state index is 0. The van der Waals surface area contributed by atoms with Crippen molar-refractivity contribution in [3.05, 3.63) is 149 Å². The van der Waals surface area contributed by atoms with E-state index in [1.807, 2.05) is 97.1 Å². The second-order valence-corrected chi connectivity index (χ2v) is 17.2. The molecule has 0 heterocycles. The Labute approximate surface area is 337 Å². The highest BCUT2D eigenvalue weighted by molar-refractivity contribution is 7.85. The van der Waals surface area contributed by atoms with Crippen molar-refractivity contribution < 1.29 is 14.5 Å².